The van der Waals surface area contributed by atoms with E-state index in [2.05, 4.69) is 5.32 Å². The molecular formula is C12H24ClN3O3. The van der Waals surface area contributed by atoms with Crippen LogP contribution in [0.2, 0.25) is 0 Å². The van der Waals surface area contributed by atoms with E-state index >= 15 is 0 Å². The van der Waals surface area contributed by atoms with Gasteiger partial charge in [0.15, 0.2) is 0 Å². The summed E-state index contributed by atoms with van der Waals surface area (Å²) in [6.45, 7) is 4.64. The first-order valence-corrected chi connectivity index (χ1v) is 6.33. The van der Waals surface area contributed by atoms with Gasteiger partial charge >= 0.3 is 0 Å². The minimum absolute atomic E-state index is 0. The van der Waals surface area contributed by atoms with Crippen LogP contribution in [0.5, 0.6) is 0 Å². The van der Waals surface area contributed by atoms with Gasteiger partial charge in [-0.15, -0.1) is 12.4 Å². The van der Waals surface area contributed by atoms with E-state index in [-0.39, 0.29) is 36.1 Å². The summed E-state index contributed by atoms with van der Waals surface area (Å²) in [4.78, 5) is 25.2. The predicted molar refractivity (Wildman–Crippen MR) is 75.0 cm³/mol. The maximum Gasteiger partial charge on any atom is 0.225 e. The molecule has 0 aromatic carbocycles. The molecule has 2 amide bonds. The van der Waals surface area contributed by atoms with Crippen LogP contribution in [-0.2, 0) is 14.3 Å². The Bertz CT molecular complexity index is 302. The van der Waals surface area contributed by atoms with Gasteiger partial charge < -0.3 is 20.7 Å². The van der Waals surface area contributed by atoms with Gasteiger partial charge in [0.25, 0.3) is 0 Å². The molecule has 0 aromatic heterocycles. The van der Waals surface area contributed by atoms with Gasteiger partial charge in [0, 0.05) is 33.2 Å². The third kappa shape index (κ3) is 5.76. The first kappa shape index (κ1) is 18.1. The minimum atomic E-state index is -0.237. The molecule has 2 atom stereocenters. The number of hydrogen-bond donors (Lipinski definition) is 2. The fraction of sp³-hybridized carbons (Fsp3) is 0.833. The SMILES string of the molecule is COCCN1CC(C(=O)NCC(C)CN)CC1=O.Cl. The van der Waals surface area contributed by atoms with Crippen molar-refractivity contribution < 1.29 is 14.3 Å². The number of methoxy groups -OCH3 is 1. The number of rotatable bonds is 7. The molecule has 19 heavy (non-hydrogen) atoms. The van der Waals surface area contributed by atoms with E-state index in [0.717, 1.165) is 0 Å². The second kappa shape index (κ2) is 9.12. The molecular weight excluding hydrogens is 270 g/mol. The monoisotopic (exact) mass is 293 g/mol. The number of nitrogens with zero attached hydrogens (tertiary/aromatic N) is 1. The van der Waals surface area contributed by atoms with Crippen molar-refractivity contribution in [3.8, 4) is 0 Å². The van der Waals surface area contributed by atoms with Crippen LogP contribution in [0, 0.1) is 11.8 Å². The molecule has 0 bridgehead atoms. The fourth-order valence-electron chi connectivity index (χ4n) is 1.87. The zero-order valence-corrected chi connectivity index (χ0v) is 12.4. The molecule has 1 rings (SSSR count). The lowest BCUT2D eigenvalue weighted by Gasteiger charge is -2.16. The molecule has 0 radical (unpaired) electrons. The van der Waals surface area contributed by atoms with E-state index in [1.165, 1.54) is 0 Å². The molecule has 1 heterocycles. The molecule has 1 fully saturated rings. The molecule has 0 saturated carbocycles. The predicted octanol–water partition coefficient (Wildman–Crippen LogP) is -0.386. The zero-order chi connectivity index (χ0) is 13.5. The minimum Gasteiger partial charge on any atom is -0.383 e. The van der Waals surface area contributed by atoms with E-state index in [9.17, 15) is 9.59 Å². The summed E-state index contributed by atoms with van der Waals surface area (Å²) >= 11 is 0. The summed E-state index contributed by atoms with van der Waals surface area (Å²) in [5, 5.41) is 2.84. The molecule has 2 unspecified atom stereocenters. The highest BCUT2D eigenvalue weighted by molar-refractivity contribution is 5.89. The number of hydrogen-bond acceptors (Lipinski definition) is 4. The second-order valence-electron chi connectivity index (χ2n) is 4.82. The van der Waals surface area contributed by atoms with Crippen molar-refractivity contribution in [1.29, 1.82) is 0 Å². The van der Waals surface area contributed by atoms with Crippen molar-refractivity contribution in [2.24, 2.45) is 17.6 Å². The summed E-state index contributed by atoms with van der Waals surface area (Å²) in [5.41, 5.74) is 5.48. The molecule has 6 nitrogen and oxygen atoms in total. The van der Waals surface area contributed by atoms with Gasteiger partial charge in [0.2, 0.25) is 11.8 Å². The van der Waals surface area contributed by atoms with E-state index in [1.54, 1.807) is 12.0 Å². The van der Waals surface area contributed by atoms with Gasteiger partial charge in [-0.25, -0.2) is 0 Å². The third-order valence-electron chi connectivity index (χ3n) is 3.18. The average Bonchev–Trinajstić information content (AvgIpc) is 2.74. The summed E-state index contributed by atoms with van der Waals surface area (Å²) in [6.07, 6.45) is 0.298. The first-order valence-electron chi connectivity index (χ1n) is 6.33. The van der Waals surface area contributed by atoms with Gasteiger partial charge in [0.1, 0.15) is 0 Å². The average molecular weight is 294 g/mol. The van der Waals surface area contributed by atoms with Crippen molar-refractivity contribution in [3.05, 3.63) is 0 Å². The van der Waals surface area contributed by atoms with E-state index in [0.29, 0.717) is 39.2 Å². The first-order chi connectivity index (χ1) is 8.58. The summed E-state index contributed by atoms with van der Waals surface area (Å²) in [6, 6.07) is 0. The fourth-order valence-corrected chi connectivity index (χ4v) is 1.87. The van der Waals surface area contributed by atoms with Crippen molar-refractivity contribution in [1.82, 2.24) is 10.2 Å². The van der Waals surface area contributed by atoms with Gasteiger partial charge in [-0.05, 0) is 12.5 Å². The van der Waals surface area contributed by atoms with Crippen LogP contribution in [0.4, 0.5) is 0 Å². The molecule has 1 saturated heterocycles. The Hall–Kier alpha value is -0.850. The molecule has 0 aliphatic carbocycles. The summed E-state index contributed by atoms with van der Waals surface area (Å²) in [7, 11) is 1.60. The maximum atomic E-state index is 11.9. The van der Waals surface area contributed by atoms with Crippen LogP contribution in [0.3, 0.4) is 0 Å². The number of nitrogens with one attached hydrogen (secondary N) is 1. The molecule has 112 valence electrons. The van der Waals surface area contributed by atoms with E-state index < -0.39 is 0 Å². The molecule has 7 heteroatoms. The van der Waals surface area contributed by atoms with Crippen LogP contribution in [0.25, 0.3) is 0 Å². The zero-order valence-electron chi connectivity index (χ0n) is 11.6. The van der Waals surface area contributed by atoms with Crippen molar-refractivity contribution >= 4 is 24.2 Å². The highest BCUT2D eigenvalue weighted by atomic mass is 35.5. The third-order valence-corrected chi connectivity index (χ3v) is 3.18. The van der Waals surface area contributed by atoms with Gasteiger partial charge in [-0.1, -0.05) is 6.92 Å². The van der Waals surface area contributed by atoms with Crippen LogP contribution in [-0.4, -0.2) is 56.6 Å². The molecule has 1 aliphatic heterocycles. The second-order valence-corrected chi connectivity index (χ2v) is 4.82. The Balaban J connectivity index is 0.00000324. The highest BCUT2D eigenvalue weighted by Crippen LogP contribution is 2.17. The quantitative estimate of drug-likeness (QED) is 0.670. The Morgan fingerprint density at radius 2 is 2.32 bits per heavy atom. The van der Waals surface area contributed by atoms with Gasteiger partial charge in [-0.3, -0.25) is 9.59 Å². The topological polar surface area (TPSA) is 84.7 Å². The lowest BCUT2D eigenvalue weighted by Crippen LogP contribution is -2.37. The lowest BCUT2D eigenvalue weighted by molar-refractivity contribution is -0.129. The highest BCUT2D eigenvalue weighted by Gasteiger charge is 2.33. The molecule has 3 N–H and O–H groups in total. The van der Waals surface area contributed by atoms with E-state index in [1.807, 2.05) is 6.92 Å². The van der Waals surface area contributed by atoms with Crippen LogP contribution >= 0.6 is 12.4 Å². The largest absolute Gasteiger partial charge is 0.383 e. The van der Waals surface area contributed by atoms with E-state index in [4.69, 9.17) is 10.5 Å². The number of nitrogens with two attached hydrogens (primary N) is 1. The normalized spacial score (nSPS) is 20.1. The van der Waals surface area contributed by atoms with Gasteiger partial charge in [-0.2, -0.15) is 0 Å². The van der Waals surface area contributed by atoms with Gasteiger partial charge in [0.05, 0.1) is 12.5 Å². The number of ether oxygens (including phenoxy) is 1. The van der Waals surface area contributed by atoms with Crippen molar-refractivity contribution in [2.75, 3.05) is 39.9 Å². The lowest BCUT2D eigenvalue weighted by atomic mass is 10.1. The van der Waals surface area contributed by atoms with Crippen LogP contribution < -0.4 is 11.1 Å². The van der Waals surface area contributed by atoms with Crippen LogP contribution in [0.15, 0.2) is 0 Å². The van der Waals surface area contributed by atoms with Crippen molar-refractivity contribution in [2.45, 2.75) is 13.3 Å². The Morgan fingerprint density at radius 1 is 1.63 bits per heavy atom. The smallest absolute Gasteiger partial charge is 0.225 e. The Kier molecular flexibility index (Phi) is 8.71. The van der Waals surface area contributed by atoms with Crippen LogP contribution in [0.1, 0.15) is 13.3 Å². The summed E-state index contributed by atoms with van der Waals surface area (Å²) in [5.74, 6) is -0.00220. The van der Waals surface area contributed by atoms with Crippen molar-refractivity contribution in [3.63, 3.8) is 0 Å². The maximum absolute atomic E-state index is 11.9. The molecule has 1 aliphatic rings. The number of carbonyl (C=O) groups excluding carboxylic acids is 2. The number of carbonyl (C=O) groups is 2. The molecule has 0 aromatic rings. The standard InChI is InChI=1S/C12H23N3O3.ClH/c1-9(6-13)7-14-12(17)10-5-11(16)15(8-10)3-4-18-2;/h9-10H,3-8,13H2,1-2H3,(H,14,17);1H. The Morgan fingerprint density at radius 3 is 2.89 bits per heavy atom. The number of halogens is 1. The molecule has 0 spiro atoms. The number of amides is 2. The summed E-state index contributed by atoms with van der Waals surface area (Å²) < 4.78 is 4.93. The number of likely N-dealkylation sites (tertiary alicyclic amines) is 1. The Labute approximate surface area is 120 Å².